The summed E-state index contributed by atoms with van der Waals surface area (Å²) in [5, 5.41) is 13.1. The Morgan fingerprint density at radius 1 is 1.37 bits per heavy atom. The van der Waals surface area contributed by atoms with Crippen LogP contribution in [0.4, 0.5) is 0 Å². The van der Waals surface area contributed by atoms with E-state index in [4.69, 9.17) is 9.47 Å². The zero-order valence-electron chi connectivity index (χ0n) is 10.6. The van der Waals surface area contributed by atoms with E-state index in [1.54, 1.807) is 6.07 Å². The largest absolute Gasteiger partial charge is 0.386 e. The molecule has 2 unspecified atom stereocenters. The molecule has 102 valence electrons. The van der Waals surface area contributed by atoms with Crippen LogP contribution in [0.1, 0.15) is 27.6 Å². The molecule has 0 aromatic heterocycles. The third-order valence-electron chi connectivity index (χ3n) is 3.59. The number of nitrogens with one attached hydrogen (secondary N) is 1. The van der Waals surface area contributed by atoms with Crippen LogP contribution in [0.2, 0.25) is 0 Å². The van der Waals surface area contributed by atoms with E-state index in [1.807, 2.05) is 12.1 Å². The van der Waals surface area contributed by atoms with Crippen LogP contribution in [0.15, 0.2) is 18.2 Å². The van der Waals surface area contributed by atoms with Crippen molar-refractivity contribution in [3.63, 3.8) is 0 Å². The molecule has 1 aromatic rings. The van der Waals surface area contributed by atoms with Crippen LogP contribution in [0.3, 0.4) is 0 Å². The maximum absolute atomic E-state index is 11.8. The van der Waals surface area contributed by atoms with Crippen molar-refractivity contribution < 1.29 is 19.4 Å². The number of ether oxygens (including phenoxy) is 2. The molecule has 1 amide bonds. The molecule has 3 rings (SSSR count). The van der Waals surface area contributed by atoms with Gasteiger partial charge in [0.1, 0.15) is 12.2 Å². The highest BCUT2D eigenvalue weighted by molar-refractivity contribution is 5.96. The number of rotatable bonds is 2. The fourth-order valence-corrected chi connectivity index (χ4v) is 2.52. The molecule has 0 aliphatic carbocycles. The smallest absolute Gasteiger partial charge is 0.251 e. The highest BCUT2D eigenvalue weighted by Gasteiger charge is 2.26. The van der Waals surface area contributed by atoms with Crippen molar-refractivity contribution in [3.05, 3.63) is 34.9 Å². The molecule has 2 aliphatic heterocycles. The number of hydrogen-bond acceptors (Lipinski definition) is 4. The Kier molecular flexibility index (Phi) is 3.50. The first-order chi connectivity index (χ1) is 9.25. The van der Waals surface area contributed by atoms with E-state index < -0.39 is 6.10 Å². The van der Waals surface area contributed by atoms with Crippen molar-refractivity contribution in [2.75, 3.05) is 26.4 Å². The first-order valence-electron chi connectivity index (χ1n) is 6.54. The van der Waals surface area contributed by atoms with Gasteiger partial charge in [-0.2, -0.15) is 0 Å². The molecule has 1 fully saturated rings. The summed E-state index contributed by atoms with van der Waals surface area (Å²) in [7, 11) is 0. The predicted octanol–water partition coefficient (Wildman–Crippen LogP) is 0.421. The minimum absolute atomic E-state index is 0.0730. The topological polar surface area (TPSA) is 67.8 Å². The summed E-state index contributed by atoms with van der Waals surface area (Å²) in [6, 6.07) is 5.53. The number of carbonyl (C=O) groups excluding carboxylic acids is 1. The van der Waals surface area contributed by atoms with Crippen molar-refractivity contribution in [2.24, 2.45) is 0 Å². The van der Waals surface area contributed by atoms with E-state index in [2.05, 4.69) is 5.32 Å². The van der Waals surface area contributed by atoms with Crippen LogP contribution in [0.25, 0.3) is 0 Å². The summed E-state index contributed by atoms with van der Waals surface area (Å²) in [6.45, 7) is 2.11. The van der Waals surface area contributed by atoms with E-state index in [9.17, 15) is 9.90 Å². The molecule has 0 radical (unpaired) electrons. The average Bonchev–Trinajstić information content (AvgIpc) is 2.47. The molecule has 0 spiro atoms. The van der Waals surface area contributed by atoms with Gasteiger partial charge in [-0.25, -0.2) is 0 Å². The lowest BCUT2D eigenvalue weighted by atomic mass is 9.94. The van der Waals surface area contributed by atoms with Crippen LogP contribution < -0.4 is 5.32 Å². The molecule has 1 aromatic carbocycles. The lowest BCUT2D eigenvalue weighted by Crippen LogP contribution is -2.35. The molecule has 2 heterocycles. The monoisotopic (exact) mass is 263 g/mol. The van der Waals surface area contributed by atoms with Crippen molar-refractivity contribution in [1.82, 2.24) is 5.32 Å². The van der Waals surface area contributed by atoms with Crippen molar-refractivity contribution in [2.45, 2.75) is 18.6 Å². The van der Waals surface area contributed by atoms with Crippen molar-refractivity contribution in [3.8, 4) is 0 Å². The Balaban J connectivity index is 1.84. The van der Waals surface area contributed by atoms with Gasteiger partial charge >= 0.3 is 0 Å². The zero-order chi connectivity index (χ0) is 13.2. The van der Waals surface area contributed by atoms with Crippen molar-refractivity contribution in [1.29, 1.82) is 0 Å². The second-order valence-electron chi connectivity index (χ2n) is 4.85. The fraction of sp³-hybridized carbons (Fsp3) is 0.500. The molecule has 2 N–H and O–H groups in total. The molecule has 5 heteroatoms. The number of fused-ring (bicyclic) bond motifs is 1. The molecular weight excluding hydrogens is 246 g/mol. The predicted molar refractivity (Wildman–Crippen MR) is 68.0 cm³/mol. The number of aliphatic hydroxyl groups excluding tert-OH is 1. The molecule has 0 saturated carbocycles. The minimum Gasteiger partial charge on any atom is -0.386 e. The zero-order valence-corrected chi connectivity index (χ0v) is 10.6. The Morgan fingerprint density at radius 2 is 2.26 bits per heavy atom. The maximum atomic E-state index is 11.8. The lowest BCUT2D eigenvalue weighted by molar-refractivity contribution is -0.133. The van der Waals surface area contributed by atoms with Gasteiger partial charge in [-0.15, -0.1) is 0 Å². The first kappa shape index (κ1) is 12.6. The summed E-state index contributed by atoms with van der Waals surface area (Å²) < 4.78 is 10.8. The normalized spacial score (nSPS) is 24.5. The van der Waals surface area contributed by atoms with Gasteiger partial charge in [0.25, 0.3) is 5.91 Å². The molecule has 19 heavy (non-hydrogen) atoms. The van der Waals surface area contributed by atoms with Gasteiger partial charge in [0, 0.05) is 12.1 Å². The van der Waals surface area contributed by atoms with Gasteiger partial charge in [0.2, 0.25) is 0 Å². The van der Waals surface area contributed by atoms with Gasteiger partial charge in [-0.1, -0.05) is 12.1 Å². The highest BCUT2D eigenvalue weighted by Crippen LogP contribution is 2.25. The Labute approximate surface area is 111 Å². The van der Waals surface area contributed by atoms with Crippen LogP contribution in [0.5, 0.6) is 0 Å². The molecule has 5 nitrogen and oxygen atoms in total. The Morgan fingerprint density at radius 3 is 3.05 bits per heavy atom. The Hall–Kier alpha value is -1.43. The molecule has 0 bridgehead atoms. The summed E-state index contributed by atoms with van der Waals surface area (Å²) >= 11 is 0. The third kappa shape index (κ3) is 2.49. The van der Waals surface area contributed by atoms with Crippen LogP contribution in [0, 0.1) is 0 Å². The highest BCUT2D eigenvalue weighted by atomic mass is 16.6. The van der Waals surface area contributed by atoms with E-state index >= 15 is 0 Å². The number of benzene rings is 1. The standard InChI is InChI=1S/C14H17NO4/c16-13(12-8-18-5-6-19-12)10-2-1-9-3-4-15-14(17)11(9)7-10/h1-2,7,12-13,16H,3-6,8H2,(H,15,17). The number of hydrogen-bond donors (Lipinski definition) is 2. The number of amides is 1. The van der Waals surface area contributed by atoms with E-state index in [1.165, 1.54) is 0 Å². The second kappa shape index (κ2) is 5.28. The number of aliphatic hydroxyl groups is 1. The van der Waals surface area contributed by atoms with E-state index in [0.717, 1.165) is 12.0 Å². The minimum atomic E-state index is -0.764. The van der Waals surface area contributed by atoms with Crippen LogP contribution in [-0.2, 0) is 15.9 Å². The Bertz CT molecular complexity index is 482. The van der Waals surface area contributed by atoms with Crippen molar-refractivity contribution >= 4 is 5.91 Å². The first-order valence-corrected chi connectivity index (χ1v) is 6.54. The van der Waals surface area contributed by atoms with E-state index in [0.29, 0.717) is 37.5 Å². The summed E-state index contributed by atoms with van der Waals surface area (Å²) in [4.78, 5) is 11.8. The molecule has 2 atom stereocenters. The summed E-state index contributed by atoms with van der Waals surface area (Å²) in [6.07, 6.45) is -0.292. The second-order valence-corrected chi connectivity index (χ2v) is 4.85. The third-order valence-corrected chi connectivity index (χ3v) is 3.59. The van der Waals surface area contributed by atoms with Gasteiger partial charge < -0.3 is 19.9 Å². The summed E-state index contributed by atoms with van der Waals surface area (Å²) in [5.41, 5.74) is 2.38. The van der Waals surface area contributed by atoms with Gasteiger partial charge in [-0.3, -0.25) is 4.79 Å². The number of carbonyl (C=O) groups is 1. The quantitative estimate of drug-likeness (QED) is 0.811. The maximum Gasteiger partial charge on any atom is 0.251 e. The van der Waals surface area contributed by atoms with E-state index in [-0.39, 0.29) is 12.0 Å². The van der Waals surface area contributed by atoms with Gasteiger partial charge in [0.05, 0.1) is 19.8 Å². The summed E-state index contributed by atoms with van der Waals surface area (Å²) in [5.74, 6) is -0.0730. The van der Waals surface area contributed by atoms with Gasteiger partial charge in [-0.05, 0) is 23.6 Å². The molecule has 2 aliphatic rings. The van der Waals surface area contributed by atoms with Crippen LogP contribution >= 0.6 is 0 Å². The molecule has 1 saturated heterocycles. The van der Waals surface area contributed by atoms with Crippen LogP contribution in [-0.4, -0.2) is 43.5 Å². The molecular formula is C14H17NO4. The lowest BCUT2D eigenvalue weighted by Gasteiger charge is -2.28. The van der Waals surface area contributed by atoms with Gasteiger partial charge in [0.15, 0.2) is 0 Å². The fourth-order valence-electron chi connectivity index (χ4n) is 2.52. The SMILES string of the molecule is O=C1NCCc2ccc(C(O)C3COCCO3)cc21. The average molecular weight is 263 g/mol.